The molecule has 0 saturated carbocycles. The van der Waals surface area contributed by atoms with Gasteiger partial charge in [-0.2, -0.15) is 9.78 Å². The van der Waals surface area contributed by atoms with Gasteiger partial charge in [0.2, 0.25) is 5.91 Å². The SMILES string of the molecule is Cc1cc([N+](=O)[O-])nn1CCC(=O)Nc1cnn(COc2ccc(Br)cc2)c1. The summed E-state index contributed by atoms with van der Waals surface area (Å²) in [6, 6.07) is 8.78. The summed E-state index contributed by atoms with van der Waals surface area (Å²) in [5.74, 6) is 0.226. The normalized spacial score (nSPS) is 10.6. The van der Waals surface area contributed by atoms with Crippen molar-refractivity contribution in [2.75, 3.05) is 5.32 Å². The molecular weight excluding hydrogens is 432 g/mol. The summed E-state index contributed by atoms with van der Waals surface area (Å²) < 4.78 is 9.56. The van der Waals surface area contributed by atoms with Gasteiger partial charge in [-0.05, 0) is 36.1 Å². The number of carbonyl (C=O) groups excluding carboxylic acids is 1. The lowest BCUT2D eigenvalue weighted by Gasteiger charge is -2.06. The summed E-state index contributed by atoms with van der Waals surface area (Å²) in [4.78, 5) is 22.3. The largest absolute Gasteiger partial charge is 0.471 e. The number of nitrogens with one attached hydrogen (secondary N) is 1. The van der Waals surface area contributed by atoms with Crippen molar-refractivity contribution in [2.45, 2.75) is 26.6 Å². The van der Waals surface area contributed by atoms with Gasteiger partial charge in [0.15, 0.2) is 6.73 Å². The van der Waals surface area contributed by atoms with Gasteiger partial charge in [-0.25, -0.2) is 4.68 Å². The third-order valence-electron chi connectivity index (χ3n) is 3.80. The molecule has 2 heterocycles. The molecule has 0 bridgehead atoms. The smallest absolute Gasteiger partial charge is 0.390 e. The highest BCUT2D eigenvalue weighted by Gasteiger charge is 2.16. The first-order chi connectivity index (χ1) is 13.4. The van der Waals surface area contributed by atoms with Gasteiger partial charge in [0.05, 0.1) is 41.5 Å². The average Bonchev–Trinajstić information content (AvgIpc) is 3.26. The van der Waals surface area contributed by atoms with Crippen molar-refractivity contribution in [3.05, 3.63) is 63.0 Å². The number of halogens is 1. The summed E-state index contributed by atoms with van der Waals surface area (Å²) in [6.07, 6.45) is 3.30. The van der Waals surface area contributed by atoms with E-state index >= 15 is 0 Å². The molecule has 11 heteroatoms. The average molecular weight is 449 g/mol. The van der Waals surface area contributed by atoms with Crippen molar-refractivity contribution >= 4 is 33.3 Å². The van der Waals surface area contributed by atoms with Crippen molar-refractivity contribution in [3.63, 3.8) is 0 Å². The second kappa shape index (κ2) is 8.65. The van der Waals surface area contributed by atoms with Gasteiger partial charge in [0.1, 0.15) is 5.75 Å². The van der Waals surface area contributed by atoms with Gasteiger partial charge in [-0.3, -0.25) is 4.79 Å². The molecule has 28 heavy (non-hydrogen) atoms. The zero-order chi connectivity index (χ0) is 20.1. The number of hydrogen-bond donors (Lipinski definition) is 1. The van der Waals surface area contributed by atoms with E-state index < -0.39 is 4.92 Å². The Balaban J connectivity index is 1.48. The maximum absolute atomic E-state index is 12.1. The predicted molar refractivity (Wildman–Crippen MR) is 104 cm³/mol. The van der Waals surface area contributed by atoms with Crippen LogP contribution in [0.1, 0.15) is 12.1 Å². The number of anilines is 1. The Hall–Kier alpha value is -3.21. The summed E-state index contributed by atoms with van der Waals surface area (Å²) >= 11 is 3.36. The minimum Gasteiger partial charge on any atom is -0.471 e. The van der Waals surface area contributed by atoms with Crippen LogP contribution >= 0.6 is 15.9 Å². The van der Waals surface area contributed by atoms with Gasteiger partial charge in [-0.1, -0.05) is 15.9 Å². The molecule has 0 fully saturated rings. The first-order valence-corrected chi connectivity index (χ1v) is 9.09. The van der Waals surface area contributed by atoms with E-state index in [1.54, 1.807) is 17.8 Å². The Morgan fingerprint density at radius 3 is 2.79 bits per heavy atom. The Bertz CT molecular complexity index is 982. The molecule has 10 nitrogen and oxygen atoms in total. The van der Waals surface area contributed by atoms with Gasteiger partial charge < -0.3 is 20.2 Å². The second-order valence-electron chi connectivity index (χ2n) is 5.92. The summed E-state index contributed by atoms with van der Waals surface area (Å²) in [7, 11) is 0. The number of nitro groups is 1. The van der Waals surface area contributed by atoms with E-state index in [1.807, 2.05) is 24.3 Å². The van der Waals surface area contributed by atoms with E-state index in [9.17, 15) is 14.9 Å². The van der Waals surface area contributed by atoms with E-state index in [1.165, 1.54) is 16.9 Å². The molecule has 3 rings (SSSR count). The quantitative estimate of drug-likeness (QED) is 0.417. The van der Waals surface area contributed by atoms with Crippen LogP contribution in [0.5, 0.6) is 5.75 Å². The first kappa shape index (κ1) is 19.5. The van der Waals surface area contributed by atoms with Gasteiger partial charge in [0, 0.05) is 10.9 Å². The maximum atomic E-state index is 12.1. The topological polar surface area (TPSA) is 117 Å². The summed E-state index contributed by atoms with van der Waals surface area (Å²) in [5.41, 5.74) is 1.16. The Morgan fingerprint density at radius 1 is 1.36 bits per heavy atom. The van der Waals surface area contributed by atoms with Crippen LogP contribution in [0.15, 0.2) is 47.2 Å². The lowest BCUT2D eigenvalue weighted by molar-refractivity contribution is -0.389. The molecule has 0 radical (unpaired) electrons. The van der Waals surface area contributed by atoms with Crippen LogP contribution in [0.25, 0.3) is 0 Å². The van der Waals surface area contributed by atoms with E-state index in [-0.39, 0.29) is 31.4 Å². The third kappa shape index (κ3) is 5.16. The molecule has 0 spiro atoms. The van der Waals surface area contributed by atoms with E-state index in [2.05, 4.69) is 31.4 Å². The van der Waals surface area contributed by atoms with Crippen LogP contribution in [0.2, 0.25) is 0 Å². The molecule has 146 valence electrons. The summed E-state index contributed by atoms with van der Waals surface area (Å²) in [5, 5.41) is 21.4. The van der Waals surface area contributed by atoms with E-state index in [0.29, 0.717) is 17.1 Å². The molecule has 0 aliphatic heterocycles. The maximum Gasteiger partial charge on any atom is 0.390 e. The number of hydrogen-bond acceptors (Lipinski definition) is 6. The molecule has 0 aliphatic rings. The predicted octanol–water partition coefficient (Wildman–Crippen LogP) is 3.12. The first-order valence-electron chi connectivity index (χ1n) is 8.30. The Labute approximate surface area is 168 Å². The molecule has 3 aromatic rings. The highest BCUT2D eigenvalue weighted by atomic mass is 79.9. The Morgan fingerprint density at radius 2 is 2.11 bits per heavy atom. The lowest BCUT2D eigenvalue weighted by Crippen LogP contribution is -2.15. The lowest BCUT2D eigenvalue weighted by atomic mass is 10.3. The van der Waals surface area contributed by atoms with Crippen LogP contribution in [-0.4, -0.2) is 30.4 Å². The van der Waals surface area contributed by atoms with Gasteiger partial charge in [-0.15, -0.1) is 0 Å². The zero-order valence-electron chi connectivity index (χ0n) is 14.9. The molecule has 1 amide bonds. The highest BCUT2D eigenvalue weighted by Crippen LogP contribution is 2.17. The van der Waals surface area contributed by atoms with Crippen molar-refractivity contribution in [2.24, 2.45) is 0 Å². The molecule has 1 N–H and O–H groups in total. The van der Waals surface area contributed by atoms with Gasteiger partial charge >= 0.3 is 5.82 Å². The number of aromatic nitrogens is 4. The van der Waals surface area contributed by atoms with Crippen LogP contribution in [-0.2, 0) is 18.1 Å². The molecule has 0 atom stereocenters. The molecule has 0 unspecified atom stereocenters. The molecule has 1 aromatic carbocycles. The summed E-state index contributed by atoms with van der Waals surface area (Å²) in [6.45, 7) is 2.15. The molecular formula is C17H17BrN6O4. The molecule has 0 aliphatic carbocycles. The van der Waals surface area contributed by atoms with Crippen LogP contribution < -0.4 is 10.1 Å². The number of aryl methyl sites for hydroxylation is 2. The van der Waals surface area contributed by atoms with Crippen molar-refractivity contribution < 1.29 is 14.5 Å². The van der Waals surface area contributed by atoms with Crippen LogP contribution in [0, 0.1) is 17.0 Å². The van der Waals surface area contributed by atoms with E-state index in [4.69, 9.17) is 4.74 Å². The van der Waals surface area contributed by atoms with Crippen molar-refractivity contribution in [3.8, 4) is 5.75 Å². The number of benzene rings is 1. The minimum atomic E-state index is -0.561. The number of nitrogens with zero attached hydrogens (tertiary/aromatic N) is 5. The number of rotatable bonds is 8. The minimum absolute atomic E-state index is 0.125. The Kier molecular flexibility index (Phi) is 6.04. The zero-order valence-corrected chi connectivity index (χ0v) is 16.5. The van der Waals surface area contributed by atoms with E-state index in [0.717, 1.165) is 4.47 Å². The third-order valence-corrected chi connectivity index (χ3v) is 4.33. The fraction of sp³-hybridized carbons (Fsp3) is 0.235. The highest BCUT2D eigenvalue weighted by molar-refractivity contribution is 9.10. The van der Waals surface area contributed by atoms with Gasteiger partial charge in [0.25, 0.3) is 0 Å². The standard InChI is InChI=1S/C17H17BrN6O4/c1-12-8-16(24(26)27)21-23(12)7-6-17(25)20-14-9-19-22(10-14)11-28-15-4-2-13(18)3-5-15/h2-5,8-10H,6-7,11H2,1H3,(H,20,25). The number of carbonyl (C=O) groups is 1. The fourth-order valence-electron chi connectivity index (χ4n) is 2.41. The molecule has 2 aromatic heterocycles. The monoisotopic (exact) mass is 448 g/mol. The second-order valence-corrected chi connectivity index (χ2v) is 6.83. The van der Waals surface area contributed by atoms with Crippen molar-refractivity contribution in [1.82, 2.24) is 19.6 Å². The number of ether oxygens (including phenoxy) is 1. The number of amides is 1. The van der Waals surface area contributed by atoms with Crippen LogP contribution in [0.4, 0.5) is 11.5 Å². The fourth-order valence-corrected chi connectivity index (χ4v) is 2.67. The molecule has 0 saturated heterocycles. The van der Waals surface area contributed by atoms with Crippen LogP contribution in [0.3, 0.4) is 0 Å². The van der Waals surface area contributed by atoms with Crippen molar-refractivity contribution in [1.29, 1.82) is 0 Å².